The van der Waals surface area contributed by atoms with Crippen LogP contribution in [0.3, 0.4) is 0 Å². The van der Waals surface area contributed by atoms with E-state index >= 15 is 0 Å². The van der Waals surface area contributed by atoms with Crippen molar-refractivity contribution in [3.63, 3.8) is 0 Å². The van der Waals surface area contributed by atoms with Gasteiger partial charge in [-0.1, -0.05) is 18.2 Å². The van der Waals surface area contributed by atoms with Crippen molar-refractivity contribution in [3.8, 4) is 11.5 Å². The zero-order valence-corrected chi connectivity index (χ0v) is 20.8. The average molecular weight is 509 g/mol. The first kappa shape index (κ1) is 25.5. The number of sulfone groups is 1. The lowest BCUT2D eigenvalue weighted by Gasteiger charge is -2.27. The largest absolute Gasteiger partial charge is 0.493 e. The summed E-state index contributed by atoms with van der Waals surface area (Å²) >= 11 is 5.96. The van der Waals surface area contributed by atoms with Crippen LogP contribution in [-0.2, 0) is 21.2 Å². The molecule has 0 bridgehead atoms. The summed E-state index contributed by atoms with van der Waals surface area (Å²) in [5, 5.41) is 0. The van der Waals surface area contributed by atoms with Crippen molar-refractivity contribution in [2.24, 2.45) is 0 Å². The summed E-state index contributed by atoms with van der Waals surface area (Å²) < 4.78 is 36.4. The summed E-state index contributed by atoms with van der Waals surface area (Å²) in [6.07, 6.45) is 1.04. The van der Waals surface area contributed by atoms with Gasteiger partial charge in [-0.15, -0.1) is 0 Å². The smallest absolute Gasteiger partial charge is 0.262 e. The zero-order valence-electron chi connectivity index (χ0n) is 19.2. The van der Waals surface area contributed by atoms with Gasteiger partial charge in [0.05, 0.1) is 43.2 Å². The first-order valence-electron chi connectivity index (χ1n) is 10.4. The molecule has 0 aliphatic carbocycles. The summed E-state index contributed by atoms with van der Waals surface area (Å²) in [4.78, 5) is 39.4. The number of benzene rings is 2. The van der Waals surface area contributed by atoms with E-state index in [-0.39, 0.29) is 17.7 Å². The quantitative estimate of drug-likeness (QED) is 0.378. The van der Waals surface area contributed by atoms with E-state index < -0.39 is 39.4 Å². The van der Waals surface area contributed by atoms with Crippen molar-refractivity contribution >= 4 is 39.3 Å². The van der Waals surface area contributed by atoms with Crippen LogP contribution in [0.4, 0.5) is 0 Å². The van der Waals surface area contributed by atoms with Crippen molar-refractivity contribution < 1.29 is 32.3 Å². The molecule has 0 fully saturated rings. The Morgan fingerprint density at radius 3 is 2.44 bits per heavy atom. The van der Waals surface area contributed by atoms with Gasteiger partial charge in [-0.05, 0) is 36.2 Å². The molecular weight excluding hydrogens is 484 g/mol. The fourth-order valence-electron chi connectivity index (χ4n) is 3.82. The lowest BCUT2D eigenvalue weighted by atomic mass is 10.0. The summed E-state index contributed by atoms with van der Waals surface area (Å²) in [7, 11) is -2.15. The van der Waals surface area contributed by atoms with Gasteiger partial charge in [0.15, 0.2) is 11.5 Å². The minimum Gasteiger partial charge on any atom is -0.493 e. The number of methoxy groups -OCH3 is 1. The van der Waals surface area contributed by atoms with Gasteiger partial charge in [0.2, 0.25) is 5.91 Å². The van der Waals surface area contributed by atoms with Crippen molar-refractivity contribution in [2.75, 3.05) is 25.7 Å². The molecule has 2 aromatic rings. The predicted molar refractivity (Wildman–Crippen MR) is 126 cm³/mol. The molecule has 1 heterocycles. The molecule has 1 unspecified atom stereocenters. The first-order chi connectivity index (χ1) is 16.0. The molecule has 0 spiro atoms. The maximum Gasteiger partial charge on any atom is 0.262 e. The second-order valence-corrected chi connectivity index (χ2v) is 10.4. The molecule has 182 valence electrons. The number of carbonyl (C=O) groups excluding carboxylic acids is 3. The Kier molecular flexibility index (Phi) is 7.52. The Bertz CT molecular complexity index is 1250. The maximum atomic E-state index is 13.5. The minimum absolute atomic E-state index is 0.0939. The summed E-state index contributed by atoms with van der Waals surface area (Å²) in [6.45, 7) is 3.29. The van der Waals surface area contributed by atoms with Gasteiger partial charge < -0.3 is 9.47 Å². The van der Waals surface area contributed by atoms with E-state index in [1.54, 1.807) is 37.3 Å². The van der Waals surface area contributed by atoms with Crippen LogP contribution in [0.25, 0.3) is 0 Å². The lowest BCUT2D eigenvalue weighted by Crippen LogP contribution is -2.38. The number of imide groups is 1. The number of nitrogens with zero attached hydrogens (tertiary/aromatic N) is 2. The molecule has 0 N–H and O–H groups in total. The van der Waals surface area contributed by atoms with Crippen molar-refractivity contribution in [1.29, 1.82) is 0 Å². The Labute approximate surface area is 203 Å². The number of hydrogen-bond acceptors (Lipinski definition) is 7. The van der Waals surface area contributed by atoms with Crippen LogP contribution >= 0.6 is 11.8 Å². The number of amides is 3. The third kappa shape index (κ3) is 5.18. The average Bonchev–Trinajstić information content (AvgIpc) is 3.02. The van der Waals surface area contributed by atoms with Crippen LogP contribution in [0.5, 0.6) is 11.5 Å². The van der Waals surface area contributed by atoms with Gasteiger partial charge in [-0.25, -0.2) is 8.42 Å². The van der Waals surface area contributed by atoms with E-state index in [9.17, 15) is 22.8 Å². The Morgan fingerprint density at radius 1 is 1.15 bits per heavy atom. The maximum absolute atomic E-state index is 13.5. The monoisotopic (exact) mass is 508 g/mol. The highest BCUT2D eigenvalue weighted by Crippen LogP contribution is 2.37. The highest BCUT2D eigenvalue weighted by Gasteiger charge is 2.43. The Morgan fingerprint density at radius 2 is 1.85 bits per heavy atom. The second kappa shape index (κ2) is 10.0. The van der Waals surface area contributed by atoms with E-state index in [1.165, 1.54) is 20.1 Å². The van der Waals surface area contributed by atoms with Gasteiger partial charge in [0.1, 0.15) is 9.84 Å². The van der Waals surface area contributed by atoms with Gasteiger partial charge >= 0.3 is 0 Å². The molecule has 34 heavy (non-hydrogen) atoms. The van der Waals surface area contributed by atoms with Crippen LogP contribution in [-0.4, -0.2) is 61.2 Å². The number of fused-ring (bicyclic) bond motifs is 1. The SMILES string of the molecule is CCOc1cc(C(CS(C)(=O)=O)N2C(=O)c3cccc(CN(Cl)C(C)=O)c3C2=O)ccc1OC. The molecule has 1 atom stereocenters. The minimum atomic E-state index is -3.62. The normalized spacial score (nSPS) is 14.1. The summed E-state index contributed by atoms with van der Waals surface area (Å²) in [6, 6.07) is 8.31. The van der Waals surface area contributed by atoms with Crippen LogP contribution in [0.2, 0.25) is 0 Å². The number of ether oxygens (including phenoxy) is 2. The molecule has 3 rings (SSSR count). The van der Waals surface area contributed by atoms with Gasteiger partial charge in [0.25, 0.3) is 11.8 Å². The third-order valence-corrected chi connectivity index (χ3v) is 6.61. The van der Waals surface area contributed by atoms with E-state index in [4.69, 9.17) is 21.3 Å². The molecule has 1 aliphatic rings. The van der Waals surface area contributed by atoms with Crippen LogP contribution in [0.15, 0.2) is 36.4 Å². The van der Waals surface area contributed by atoms with Crippen LogP contribution in [0, 0.1) is 0 Å². The molecule has 11 heteroatoms. The second-order valence-electron chi connectivity index (χ2n) is 7.81. The Hall–Kier alpha value is -3.11. The molecule has 9 nitrogen and oxygen atoms in total. The number of halogens is 1. The Balaban J connectivity index is 2.11. The van der Waals surface area contributed by atoms with Gasteiger partial charge in [-0.2, -0.15) is 0 Å². The summed E-state index contributed by atoms with van der Waals surface area (Å²) in [5.74, 6) is -1.41. The molecule has 0 aromatic heterocycles. The van der Waals surface area contributed by atoms with Crippen molar-refractivity contribution in [2.45, 2.75) is 26.4 Å². The van der Waals surface area contributed by atoms with E-state index in [0.717, 1.165) is 15.6 Å². The standard InChI is InChI=1S/C23H25ClN2O7S/c1-5-33-20-11-15(9-10-19(20)32-3)18(13-34(4,30)31)26-22(28)17-8-6-7-16(21(17)23(26)29)12-25(24)14(2)27/h6-11,18H,5,12-13H2,1-4H3. The number of carbonyl (C=O) groups is 3. The van der Waals surface area contributed by atoms with Crippen molar-refractivity contribution in [1.82, 2.24) is 9.32 Å². The molecule has 0 radical (unpaired) electrons. The molecule has 0 saturated carbocycles. The first-order valence-corrected chi connectivity index (χ1v) is 12.8. The van der Waals surface area contributed by atoms with E-state index in [2.05, 4.69) is 0 Å². The van der Waals surface area contributed by atoms with E-state index in [1.807, 2.05) is 0 Å². The number of rotatable bonds is 9. The molecule has 0 saturated heterocycles. The topological polar surface area (TPSA) is 110 Å². The van der Waals surface area contributed by atoms with E-state index in [0.29, 0.717) is 29.2 Å². The van der Waals surface area contributed by atoms with Crippen molar-refractivity contribution in [3.05, 3.63) is 58.7 Å². The fourth-order valence-corrected chi connectivity index (χ4v) is 4.87. The summed E-state index contributed by atoms with van der Waals surface area (Å²) in [5.41, 5.74) is 0.990. The number of hydrogen-bond donors (Lipinski definition) is 0. The van der Waals surface area contributed by atoms with Crippen LogP contribution in [0.1, 0.15) is 51.7 Å². The molecule has 1 aliphatic heterocycles. The third-order valence-electron chi connectivity index (χ3n) is 5.33. The molecule has 2 aromatic carbocycles. The predicted octanol–water partition coefficient (Wildman–Crippen LogP) is 2.98. The van der Waals surface area contributed by atoms with Gasteiger partial charge in [0, 0.05) is 25.0 Å². The highest BCUT2D eigenvalue weighted by molar-refractivity contribution is 7.90. The highest BCUT2D eigenvalue weighted by atomic mass is 35.5. The fraction of sp³-hybridized carbons (Fsp3) is 0.348. The van der Waals surface area contributed by atoms with Crippen LogP contribution < -0.4 is 9.47 Å². The molecule has 3 amide bonds. The van der Waals surface area contributed by atoms with Gasteiger partial charge in [-0.3, -0.25) is 23.7 Å². The zero-order chi connectivity index (χ0) is 25.2. The molecular formula is C23H25ClN2O7S. The lowest BCUT2D eigenvalue weighted by molar-refractivity contribution is -0.124.